The molecule has 1 aromatic heterocycles. The van der Waals surface area contributed by atoms with Crippen LogP contribution >= 0.6 is 0 Å². The van der Waals surface area contributed by atoms with E-state index >= 15 is 0 Å². The first-order valence-electron chi connectivity index (χ1n) is 4.76. The lowest BCUT2D eigenvalue weighted by Gasteiger charge is -1.93. The van der Waals surface area contributed by atoms with Gasteiger partial charge in [0.05, 0.1) is 5.69 Å². The Morgan fingerprint density at radius 1 is 1.46 bits per heavy atom. The molecular formula is C11H17NO. The summed E-state index contributed by atoms with van der Waals surface area (Å²) in [6.45, 7) is 8.12. The topological polar surface area (TPSA) is 26.0 Å². The smallest absolute Gasteiger partial charge is 0.221 e. The van der Waals surface area contributed by atoms with Gasteiger partial charge in [-0.3, -0.25) is 0 Å². The van der Waals surface area contributed by atoms with Crippen LogP contribution in [-0.2, 0) is 0 Å². The molecule has 0 aromatic carbocycles. The van der Waals surface area contributed by atoms with Gasteiger partial charge in [-0.15, -0.1) is 0 Å². The number of allylic oxidation sites excluding steroid dienone is 2. The normalized spacial score (nSPS) is 12.2. The molecule has 2 nitrogen and oxygen atoms in total. The molecule has 0 atom stereocenters. The van der Waals surface area contributed by atoms with E-state index in [0.29, 0.717) is 0 Å². The molecule has 0 spiro atoms. The monoisotopic (exact) mass is 179 g/mol. The Kier molecular flexibility index (Phi) is 3.29. The zero-order chi connectivity index (χ0) is 9.84. The molecule has 13 heavy (non-hydrogen) atoms. The van der Waals surface area contributed by atoms with E-state index in [9.17, 15) is 0 Å². The largest absolute Gasteiger partial charge is 0.442 e. The van der Waals surface area contributed by atoms with E-state index in [1.165, 1.54) is 0 Å². The second-order valence-corrected chi connectivity index (χ2v) is 3.34. The molecule has 1 rings (SSSR count). The summed E-state index contributed by atoms with van der Waals surface area (Å²) in [5.74, 6) is 1.68. The molecular weight excluding hydrogens is 162 g/mol. The van der Waals surface area contributed by atoms with Crippen molar-refractivity contribution in [3.8, 4) is 0 Å². The molecule has 0 saturated carbocycles. The second kappa shape index (κ2) is 4.26. The van der Waals surface area contributed by atoms with Crippen molar-refractivity contribution in [1.82, 2.24) is 4.98 Å². The number of aromatic nitrogens is 1. The van der Waals surface area contributed by atoms with Gasteiger partial charge >= 0.3 is 0 Å². The fourth-order valence-corrected chi connectivity index (χ4v) is 1.09. The summed E-state index contributed by atoms with van der Waals surface area (Å²) in [4.78, 5) is 4.33. The van der Waals surface area contributed by atoms with Crippen molar-refractivity contribution in [2.45, 2.75) is 40.5 Å². The average molecular weight is 179 g/mol. The maximum atomic E-state index is 5.49. The van der Waals surface area contributed by atoms with E-state index in [1.807, 2.05) is 20.8 Å². The summed E-state index contributed by atoms with van der Waals surface area (Å²) in [6, 6.07) is 0. The third-order valence-electron chi connectivity index (χ3n) is 2.11. The number of hydrogen-bond acceptors (Lipinski definition) is 2. The van der Waals surface area contributed by atoms with Crippen molar-refractivity contribution in [1.29, 1.82) is 0 Å². The Labute approximate surface area is 79.7 Å². The van der Waals surface area contributed by atoms with E-state index in [1.54, 1.807) is 0 Å². The third-order valence-corrected chi connectivity index (χ3v) is 2.11. The summed E-state index contributed by atoms with van der Waals surface area (Å²) in [7, 11) is 0. The van der Waals surface area contributed by atoms with E-state index in [-0.39, 0.29) is 0 Å². The summed E-state index contributed by atoms with van der Waals surface area (Å²) in [5, 5.41) is 0. The molecule has 0 aliphatic rings. The van der Waals surface area contributed by atoms with E-state index in [0.717, 1.165) is 35.8 Å². The maximum absolute atomic E-state index is 5.49. The first-order chi connectivity index (χ1) is 6.15. The number of unbranched alkanes of at least 4 members (excludes halogenated alkanes) is 1. The Bertz CT molecular complexity index is 290. The summed E-state index contributed by atoms with van der Waals surface area (Å²) >= 11 is 0. The van der Waals surface area contributed by atoms with Gasteiger partial charge in [0.15, 0.2) is 0 Å². The van der Waals surface area contributed by atoms with Gasteiger partial charge in [0.25, 0.3) is 0 Å². The highest BCUT2D eigenvalue weighted by Gasteiger charge is 2.05. The Morgan fingerprint density at radius 2 is 2.15 bits per heavy atom. The maximum Gasteiger partial charge on any atom is 0.221 e. The summed E-state index contributed by atoms with van der Waals surface area (Å²) < 4.78 is 5.49. The van der Waals surface area contributed by atoms with Gasteiger partial charge in [0.1, 0.15) is 5.76 Å². The fourth-order valence-electron chi connectivity index (χ4n) is 1.09. The Balaban J connectivity index is 2.82. The number of aryl methyl sites for hydroxylation is 2. The molecule has 72 valence electrons. The van der Waals surface area contributed by atoms with Crippen molar-refractivity contribution in [3.05, 3.63) is 23.4 Å². The van der Waals surface area contributed by atoms with Crippen molar-refractivity contribution in [2.24, 2.45) is 0 Å². The number of nitrogens with zero attached hydrogens (tertiary/aromatic N) is 1. The number of hydrogen-bond donors (Lipinski definition) is 0. The molecule has 0 amide bonds. The van der Waals surface area contributed by atoms with Crippen LogP contribution in [0.5, 0.6) is 0 Å². The van der Waals surface area contributed by atoms with Gasteiger partial charge in [-0.25, -0.2) is 4.98 Å². The quantitative estimate of drug-likeness (QED) is 0.709. The van der Waals surface area contributed by atoms with Crippen molar-refractivity contribution < 1.29 is 4.42 Å². The van der Waals surface area contributed by atoms with Crippen LogP contribution in [0.25, 0.3) is 5.57 Å². The molecule has 0 N–H and O–H groups in total. The fraction of sp³-hybridized carbons (Fsp3) is 0.545. The lowest BCUT2D eigenvalue weighted by Crippen LogP contribution is -1.79. The summed E-state index contributed by atoms with van der Waals surface area (Å²) in [6.07, 6.45) is 4.42. The molecule has 1 aromatic rings. The molecule has 0 fully saturated rings. The molecule has 2 heteroatoms. The van der Waals surface area contributed by atoms with Gasteiger partial charge < -0.3 is 4.42 Å². The van der Waals surface area contributed by atoms with Crippen molar-refractivity contribution >= 4 is 5.57 Å². The van der Waals surface area contributed by atoms with Crippen LogP contribution in [0.4, 0.5) is 0 Å². The number of oxazole rings is 1. The van der Waals surface area contributed by atoms with Crippen LogP contribution in [0.3, 0.4) is 0 Å². The van der Waals surface area contributed by atoms with Gasteiger partial charge in [-0.1, -0.05) is 19.4 Å². The highest BCUT2D eigenvalue weighted by molar-refractivity contribution is 5.56. The SMILES string of the molecule is CCC/C=C(\C)c1nc(C)c(C)o1. The van der Waals surface area contributed by atoms with Crippen LogP contribution in [-0.4, -0.2) is 4.98 Å². The van der Waals surface area contributed by atoms with Crippen LogP contribution < -0.4 is 0 Å². The molecule has 0 bridgehead atoms. The van der Waals surface area contributed by atoms with Crippen LogP contribution in [0.15, 0.2) is 10.5 Å². The third kappa shape index (κ3) is 2.44. The van der Waals surface area contributed by atoms with Gasteiger partial charge in [-0.05, 0) is 27.2 Å². The molecule has 0 radical (unpaired) electrons. The van der Waals surface area contributed by atoms with Gasteiger partial charge in [0, 0.05) is 5.57 Å². The lowest BCUT2D eigenvalue weighted by molar-refractivity contribution is 0.511. The first kappa shape index (κ1) is 10.0. The zero-order valence-electron chi connectivity index (χ0n) is 8.85. The van der Waals surface area contributed by atoms with Crippen molar-refractivity contribution in [2.75, 3.05) is 0 Å². The van der Waals surface area contributed by atoms with Crippen LogP contribution in [0, 0.1) is 13.8 Å². The van der Waals surface area contributed by atoms with Gasteiger partial charge in [-0.2, -0.15) is 0 Å². The van der Waals surface area contributed by atoms with Crippen molar-refractivity contribution in [3.63, 3.8) is 0 Å². The average Bonchev–Trinajstić information content (AvgIpc) is 2.43. The van der Waals surface area contributed by atoms with Crippen LogP contribution in [0.2, 0.25) is 0 Å². The van der Waals surface area contributed by atoms with E-state index < -0.39 is 0 Å². The second-order valence-electron chi connectivity index (χ2n) is 3.34. The zero-order valence-corrected chi connectivity index (χ0v) is 8.85. The number of rotatable bonds is 3. The first-order valence-corrected chi connectivity index (χ1v) is 4.76. The highest BCUT2D eigenvalue weighted by atomic mass is 16.4. The summed E-state index contributed by atoms with van der Waals surface area (Å²) in [5.41, 5.74) is 2.12. The van der Waals surface area contributed by atoms with Gasteiger partial charge in [0.2, 0.25) is 5.89 Å². The minimum atomic E-state index is 0.767. The van der Waals surface area contributed by atoms with E-state index in [2.05, 4.69) is 18.0 Å². The minimum Gasteiger partial charge on any atom is -0.442 e. The predicted octanol–water partition coefficient (Wildman–Crippen LogP) is 3.49. The molecule has 0 unspecified atom stereocenters. The standard InChI is InChI=1S/C11H17NO/c1-5-6-7-8(2)11-12-9(3)10(4)13-11/h7H,5-6H2,1-4H3/b8-7+. The Morgan fingerprint density at radius 3 is 2.62 bits per heavy atom. The van der Waals surface area contributed by atoms with Crippen LogP contribution in [0.1, 0.15) is 44.0 Å². The predicted molar refractivity (Wildman–Crippen MR) is 54.5 cm³/mol. The lowest BCUT2D eigenvalue weighted by atomic mass is 10.2. The molecule has 1 heterocycles. The highest BCUT2D eigenvalue weighted by Crippen LogP contribution is 2.17. The molecule has 0 saturated heterocycles. The molecule has 0 aliphatic heterocycles. The Hall–Kier alpha value is -1.05. The van der Waals surface area contributed by atoms with E-state index in [4.69, 9.17) is 4.42 Å². The molecule has 0 aliphatic carbocycles. The minimum absolute atomic E-state index is 0.767.